The Balaban J connectivity index is 2.93. The lowest BCUT2D eigenvalue weighted by Gasteiger charge is -1.56. The van der Waals surface area contributed by atoms with Crippen LogP contribution in [0.4, 0.5) is 0 Å². The van der Waals surface area contributed by atoms with E-state index in [1.54, 1.807) is 0 Å². The van der Waals surface area contributed by atoms with Gasteiger partial charge in [0.05, 0.1) is 0 Å². The van der Waals surface area contributed by atoms with Crippen LogP contribution in [0.25, 0.3) is 10.4 Å². The first-order valence-electron chi connectivity index (χ1n) is 0.765. The van der Waals surface area contributed by atoms with Gasteiger partial charge in [-0.1, -0.05) is 0 Å². The Morgan fingerprint density at radius 1 is 2.00 bits per heavy atom. The molecular weight excluding hydrogens is 106 g/mol. The van der Waals surface area contributed by atoms with E-state index in [0.717, 1.165) is 11.0 Å². The highest BCUT2D eigenvalue weighted by Gasteiger charge is 1.52. The van der Waals surface area contributed by atoms with Gasteiger partial charge in [0, 0.05) is 4.91 Å². The average molecular weight is 107 g/mol. The third kappa shape index (κ3) is 4.01. The number of hydrogen-bond donors (Lipinski definition) is 1. The van der Waals surface area contributed by atoms with Gasteiger partial charge in [0.1, 0.15) is 0 Å². The normalized spacial score (nSPS) is 5.80. The van der Waals surface area contributed by atoms with Crippen molar-refractivity contribution in [3.63, 3.8) is 0 Å². The fourth-order valence-corrected chi connectivity index (χ4v) is 0.147. The molecule has 0 aliphatic rings. The first kappa shape index (κ1) is 5.01. The predicted octanol–water partition coefficient (Wildman–Crippen LogP) is 1.79. The molecule has 0 atom stereocenters. The molecule has 0 heterocycles. The van der Waals surface area contributed by atoms with Crippen molar-refractivity contribution < 1.29 is 0 Å². The van der Waals surface area contributed by atoms with E-state index in [1.807, 2.05) is 0 Å². The molecule has 0 amide bonds. The Morgan fingerprint density at radius 2 is 2.60 bits per heavy atom. The van der Waals surface area contributed by atoms with Crippen molar-refractivity contribution in [3.8, 4) is 0 Å². The van der Waals surface area contributed by atoms with Gasteiger partial charge in [-0.3, -0.25) is 0 Å². The first-order chi connectivity index (χ1) is 2.41. The zero-order chi connectivity index (χ0) is 4.12. The molecule has 0 spiro atoms. The van der Waals surface area contributed by atoms with E-state index < -0.39 is 0 Å². The second kappa shape index (κ2) is 4.01. The Kier molecular flexibility index (Phi) is 4.02. The van der Waals surface area contributed by atoms with Crippen molar-refractivity contribution in [2.45, 2.75) is 0 Å². The molecule has 3 nitrogen and oxygen atoms in total. The lowest BCUT2D eigenvalue weighted by molar-refractivity contribution is 1.83. The summed E-state index contributed by atoms with van der Waals surface area (Å²) in [7, 11) is 0.804. The number of thiol groups is 1. The molecule has 0 saturated heterocycles. The summed E-state index contributed by atoms with van der Waals surface area (Å²) in [6, 6.07) is 0. The molecule has 5 heteroatoms. The van der Waals surface area contributed by atoms with Crippen LogP contribution in [0.2, 0.25) is 0 Å². The van der Waals surface area contributed by atoms with E-state index in [-0.39, 0.29) is 0 Å². The molecule has 0 aromatic rings. The first-order valence-corrected chi connectivity index (χ1v) is 2.59. The molecule has 28 valence electrons. The maximum Gasteiger partial charge on any atom is 0.0116 e. The fraction of sp³-hybridized carbons (Fsp3) is 0. The van der Waals surface area contributed by atoms with Crippen LogP contribution in [0.15, 0.2) is 4.52 Å². The van der Waals surface area contributed by atoms with Gasteiger partial charge in [-0.05, 0) is 21.0 Å². The largest absolute Gasteiger partial charge is 0.104 e. The van der Waals surface area contributed by atoms with E-state index in [4.69, 9.17) is 5.53 Å². The summed E-state index contributed by atoms with van der Waals surface area (Å²) in [5, 5.41) is 0. The molecule has 0 unspecified atom stereocenters. The van der Waals surface area contributed by atoms with Crippen LogP contribution in [0.1, 0.15) is 0 Å². The molecule has 0 bridgehead atoms. The summed E-state index contributed by atoms with van der Waals surface area (Å²) in [6.45, 7) is 0. The summed E-state index contributed by atoms with van der Waals surface area (Å²) in [5.74, 6) is 0. The van der Waals surface area contributed by atoms with Crippen molar-refractivity contribution >= 4 is 22.6 Å². The number of nitrogens with zero attached hydrogens (tertiary/aromatic N) is 3. The SMILES string of the molecule is [N-]=[N+]=NSS. The number of azide groups is 1. The van der Waals surface area contributed by atoms with E-state index in [0.29, 0.717) is 0 Å². The highest BCUT2D eigenvalue weighted by Crippen LogP contribution is 2.03. The molecule has 0 aromatic heterocycles. The van der Waals surface area contributed by atoms with Gasteiger partial charge in [0.25, 0.3) is 0 Å². The molecule has 5 heavy (non-hydrogen) atoms. The highest BCUT2D eigenvalue weighted by molar-refractivity contribution is 8.68. The molecule has 0 saturated carbocycles. The minimum absolute atomic E-state index is 0.804. The van der Waals surface area contributed by atoms with Gasteiger partial charge in [0.15, 0.2) is 0 Å². The Morgan fingerprint density at radius 3 is 2.60 bits per heavy atom. The molecule has 0 aromatic carbocycles. The minimum Gasteiger partial charge on any atom is -0.104 e. The van der Waals surface area contributed by atoms with Gasteiger partial charge in [-0.25, -0.2) is 0 Å². The Bertz CT molecular complexity index is 51.9. The Labute approximate surface area is 38.3 Å². The molecule has 0 N–H and O–H groups in total. The molecular formula is HN3S2. The van der Waals surface area contributed by atoms with Crippen molar-refractivity contribution in [2.24, 2.45) is 4.52 Å². The molecule has 0 rings (SSSR count). The average Bonchev–Trinajstić information content (AvgIpc) is 1.41. The molecule has 0 fully saturated rings. The molecule has 0 aliphatic carbocycles. The standard InChI is InChI=1S/HN3S2/c1-2-3-5-4/h4H. The predicted molar refractivity (Wildman–Crippen MR) is 25.7 cm³/mol. The lowest BCUT2D eigenvalue weighted by atomic mass is 13.0. The Hall–Kier alpha value is 0.0100. The fourth-order valence-electron chi connectivity index (χ4n) is 0.0163. The van der Waals surface area contributed by atoms with Crippen LogP contribution in [-0.2, 0) is 0 Å². The maximum atomic E-state index is 7.45. The zero-order valence-electron chi connectivity index (χ0n) is 2.20. The van der Waals surface area contributed by atoms with Gasteiger partial charge in [0.2, 0.25) is 0 Å². The molecule has 0 radical (unpaired) electrons. The van der Waals surface area contributed by atoms with Crippen molar-refractivity contribution in [2.75, 3.05) is 0 Å². The summed E-state index contributed by atoms with van der Waals surface area (Å²) < 4.78 is 2.93. The number of hydrogen-bond acceptors (Lipinski definition) is 3. The third-order valence-corrected chi connectivity index (χ3v) is 0.438. The topological polar surface area (TPSA) is 48.8 Å². The van der Waals surface area contributed by atoms with Crippen LogP contribution < -0.4 is 0 Å². The zero-order valence-corrected chi connectivity index (χ0v) is 3.91. The van der Waals surface area contributed by atoms with Crippen LogP contribution in [0.3, 0.4) is 0 Å². The monoisotopic (exact) mass is 107 g/mol. The van der Waals surface area contributed by atoms with E-state index in [2.05, 4.69) is 21.1 Å². The highest BCUT2D eigenvalue weighted by atomic mass is 33.1. The van der Waals surface area contributed by atoms with Crippen molar-refractivity contribution in [1.29, 1.82) is 0 Å². The minimum atomic E-state index is 0.804. The van der Waals surface area contributed by atoms with Crippen LogP contribution in [0, 0.1) is 0 Å². The van der Waals surface area contributed by atoms with E-state index >= 15 is 0 Å². The van der Waals surface area contributed by atoms with Crippen molar-refractivity contribution in [1.82, 2.24) is 0 Å². The maximum absolute atomic E-state index is 7.45. The van der Waals surface area contributed by atoms with Crippen LogP contribution in [-0.4, -0.2) is 0 Å². The van der Waals surface area contributed by atoms with E-state index in [1.165, 1.54) is 0 Å². The quantitative estimate of drug-likeness (QED) is 0.136. The van der Waals surface area contributed by atoms with Crippen LogP contribution >= 0.6 is 22.6 Å². The lowest BCUT2D eigenvalue weighted by Crippen LogP contribution is -1.12. The second-order valence-corrected chi connectivity index (χ2v) is 1.07. The summed E-state index contributed by atoms with van der Waals surface area (Å²) >= 11 is 3.50. The third-order valence-electron chi connectivity index (χ3n) is 0.0730. The van der Waals surface area contributed by atoms with E-state index in [9.17, 15) is 0 Å². The smallest absolute Gasteiger partial charge is 0.0116 e. The van der Waals surface area contributed by atoms with Gasteiger partial charge < -0.3 is 0 Å². The van der Waals surface area contributed by atoms with Gasteiger partial charge in [-0.15, -0.1) is 11.7 Å². The van der Waals surface area contributed by atoms with Crippen LogP contribution in [0.5, 0.6) is 0 Å². The molecule has 0 aliphatic heterocycles. The second-order valence-electron chi connectivity index (χ2n) is 0.253. The van der Waals surface area contributed by atoms with Gasteiger partial charge in [-0.2, -0.15) is 0 Å². The summed E-state index contributed by atoms with van der Waals surface area (Å²) in [6.07, 6.45) is 0. The van der Waals surface area contributed by atoms with Crippen molar-refractivity contribution in [3.05, 3.63) is 10.4 Å². The summed E-state index contributed by atoms with van der Waals surface area (Å²) in [4.78, 5) is 2.37. The van der Waals surface area contributed by atoms with Gasteiger partial charge >= 0.3 is 0 Å². The number of rotatable bonds is 1. The summed E-state index contributed by atoms with van der Waals surface area (Å²) in [5.41, 5.74) is 7.45.